The van der Waals surface area contributed by atoms with E-state index in [1.54, 1.807) is 0 Å². The van der Waals surface area contributed by atoms with E-state index in [1.165, 1.54) is 19.3 Å². The van der Waals surface area contributed by atoms with Crippen molar-refractivity contribution in [1.82, 2.24) is 0 Å². The van der Waals surface area contributed by atoms with E-state index in [4.69, 9.17) is 4.74 Å². The normalized spacial score (nSPS) is 51.9. The zero-order valence-electron chi connectivity index (χ0n) is 14.4. The summed E-state index contributed by atoms with van der Waals surface area (Å²) >= 11 is 0. The first kappa shape index (κ1) is 15.2. The van der Waals surface area contributed by atoms with E-state index in [0.717, 1.165) is 29.9 Å². The van der Waals surface area contributed by atoms with Gasteiger partial charge in [-0.15, -0.1) is 0 Å². The van der Waals surface area contributed by atoms with Crippen LogP contribution in [0.25, 0.3) is 0 Å². The molecule has 24 heavy (non-hydrogen) atoms. The number of aliphatic hydroxyl groups excluding tert-OH is 2. The van der Waals surface area contributed by atoms with Crippen molar-refractivity contribution < 1.29 is 19.7 Å². The molecule has 0 aromatic carbocycles. The molecular formula is C20H26O4. The van der Waals surface area contributed by atoms with Crippen molar-refractivity contribution in [2.24, 2.45) is 28.6 Å². The van der Waals surface area contributed by atoms with Crippen LogP contribution < -0.4 is 0 Å². The molecular weight excluding hydrogens is 304 g/mol. The molecule has 0 bridgehead atoms. The molecule has 1 heterocycles. The molecule has 4 aliphatic carbocycles. The lowest BCUT2D eigenvalue weighted by molar-refractivity contribution is -0.142. The number of rotatable bonds is 1. The molecule has 4 heteroatoms. The molecule has 3 fully saturated rings. The van der Waals surface area contributed by atoms with Gasteiger partial charge in [0.05, 0.1) is 18.3 Å². The molecule has 0 unspecified atom stereocenters. The largest absolute Gasteiger partial charge is 0.454 e. The molecule has 0 saturated heterocycles. The number of aliphatic hydroxyl groups is 2. The van der Waals surface area contributed by atoms with Gasteiger partial charge in [0.25, 0.3) is 0 Å². The minimum atomic E-state index is -0.423. The zero-order chi connectivity index (χ0) is 16.9. The van der Waals surface area contributed by atoms with Crippen LogP contribution in [-0.2, 0) is 9.53 Å². The highest BCUT2D eigenvalue weighted by atomic mass is 16.5. The fourth-order valence-electron chi connectivity index (χ4n) is 6.75. The number of hydrogen-bond acceptors (Lipinski definition) is 4. The summed E-state index contributed by atoms with van der Waals surface area (Å²) in [5.74, 6) is 1.30. The molecule has 0 spiro atoms. The second-order valence-electron chi connectivity index (χ2n) is 9.17. The van der Waals surface area contributed by atoms with E-state index in [9.17, 15) is 15.0 Å². The first-order valence-corrected chi connectivity index (χ1v) is 9.33. The summed E-state index contributed by atoms with van der Waals surface area (Å²) in [5, 5.41) is 20.4. The third-order valence-corrected chi connectivity index (χ3v) is 8.25. The summed E-state index contributed by atoms with van der Waals surface area (Å²) in [7, 11) is 0. The predicted molar refractivity (Wildman–Crippen MR) is 87.9 cm³/mol. The maximum Gasteiger partial charge on any atom is 0.337 e. The van der Waals surface area contributed by atoms with E-state index in [0.29, 0.717) is 16.9 Å². The van der Waals surface area contributed by atoms with E-state index < -0.39 is 6.10 Å². The summed E-state index contributed by atoms with van der Waals surface area (Å²) < 4.78 is 5.54. The molecule has 0 amide bonds. The van der Waals surface area contributed by atoms with Crippen molar-refractivity contribution in [2.45, 2.75) is 58.2 Å². The third-order valence-electron chi connectivity index (χ3n) is 8.25. The fraction of sp³-hybridized carbons (Fsp3) is 0.750. The van der Waals surface area contributed by atoms with Gasteiger partial charge in [-0.3, -0.25) is 0 Å². The second-order valence-corrected chi connectivity index (χ2v) is 9.17. The molecule has 7 atom stereocenters. The average Bonchev–Trinajstić information content (AvgIpc) is 3.12. The van der Waals surface area contributed by atoms with Gasteiger partial charge in [0, 0.05) is 5.57 Å². The number of ether oxygens (including phenoxy) is 1. The van der Waals surface area contributed by atoms with Crippen LogP contribution in [0.2, 0.25) is 0 Å². The molecule has 0 aromatic rings. The number of carbonyl (C=O) groups excluding carboxylic acids is 1. The van der Waals surface area contributed by atoms with Gasteiger partial charge in [0.2, 0.25) is 0 Å². The van der Waals surface area contributed by atoms with Crippen molar-refractivity contribution in [3.05, 3.63) is 22.8 Å². The summed E-state index contributed by atoms with van der Waals surface area (Å²) in [6.07, 6.45) is 6.74. The summed E-state index contributed by atoms with van der Waals surface area (Å²) in [6, 6.07) is 0. The van der Waals surface area contributed by atoms with Crippen LogP contribution in [-0.4, -0.2) is 35.0 Å². The Labute approximate surface area is 142 Å². The molecule has 1 aliphatic heterocycles. The highest BCUT2D eigenvalue weighted by molar-refractivity contribution is 5.93. The molecule has 5 aliphatic rings. The van der Waals surface area contributed by atoms with Crippen LogP contribution in [0.3, 0.4) is 0 Å². The van der Waals surface area contributed by atoms with Crippen molar-refractivity contribution >= 4 is 5.97 Å². The van der Waals surface area contributed by atoms with E-state index in [2.05, 4.69) is 13.8 Å². The monoisotopic (exact) mass is 330 g/mol. The van der Waals surface area contributed by atoms with Crippen LogP contribution in [0.5, 0.6) is 0 Å². The number of fused-ring (bicyclic) bond motifs is 6. The van der Waals surface area contributed by atoms with Gasteiger partial charge in [0.15, 0.2) is 0 Å². The number of esters is 1. The van der Waals surface area contributed by atoms with Crippen LogP contribution >= 0.6 is 0 Å². The number of carbonyl (C=O) groups is 1. The van der Waals surface area contributed by atoms with Crippen LogP contribution in [0, 0.1) is 28.6 Å². The van der Waals surface area contributed by atoms with Crippen LogP contribution in [0.4, 0.5) is 0 Å². The Morgan fingerprint density at radius 1 is 1.29 bits per heavy atom. The maximum absolute atomic E-state index is 12.0. The SMILES string of the molecule is C[C@]12C[C@H]1CC[C@]1(C)[C@@H]2C[C@H](O)C2=CC3=C(CO)C(=O)O[C@@H]3C[C@H]21. The Morgan fingerprint density at radius 3 is 2.83 bits per heavy atom. The zero-order valence-corrected chi connectivity index (χ0v) is 14.4. The molecule has 130 valence electrons. The average molecular weight is 330 g/mol. The Hall–Kier alpha value is -1.13. The van der Waals surface area contributed by atoms with Crippen molar-refractivity contribution in [2.75, 3.05) is 6.61 Å². The van der Waals surface area contributed by atoms with Gasteiger partial charge in [-0.05, 0) is 66.3 Å². The van der Waals surface area contributed by atoms with Gasteiger partial charge in [-0.2, -0.15) is 0 Å². The molecule has 3 saturated carbocycles. The Morgan fingerprint density at radius 2 is 2.08 bits per heavy atom. The minimum Gasteiger partial charge on any atom is -0.454 e. The lowest BCUT2D eigenvalue weighted by atomic mass is 9.48. The first-order chi connectivity index (χ1) is 11.4. The highest BCUT2D eigenvalue weighted by Crippen LogP contribution is 2.73. The standard InChI is InChI=1S/C20H26O4/c1-19-4-3-10-8-20(10,2)17(19)7-15(22)12-5-11-13(9-21)18(23)24-16(11)6-14(12)19/h5,10,14-17,21-22H,3-4,6-9H2,1-2H3/t10-,14-,15+,16-,17+,19+,20+/m1/s1. The van der Waals surface area contributed by atoms with Gasteiger partial charge in [-0.25, -0.2) is 4.79 Å². The topological polar surface area (TPSA) is 66.8 Å². The molecule has 2 N–H and O–H groups in total. The second kappa shape index (κ2) is 4.53. The predicted octanol–water partition coefficient (Wildman–Crippen LogP) is 2.35. The quantitative estimate of drug-likeness (QED) is 0.724. The van der Waals surface area contributed by atoms with Gasteiger partial charge < -0.3 is 14.9 Å². The molecule has 0 aromatic heterocycles. The highest BCUT2D eigenvalue weighted by Gasteiger charge is 2.67. The van der Waals surface area contributed by atoms with Gasteiger partial charge >= 0.3 is 5.97 Å². The van der Waals surface area contributed by atoms with E-state index >= 15 is 0 Å². The van der Waals surface area contributed by atoms with Crippen LogP contribution in [0.1, 0.15) is 46.0 Å². The smallest absolute Gasteiger partial charge is 0.337 e. The van der Waals surface area contributed by atoms with E-state index in [-0.39, 0.29) is 30.0 Å². The van der Waals surface area contributed by atoms with Crippen molar-refractivity contribution in [3.63, 3.8) is 0 Å². The lowest BCUT2D eigenvalue weighted by Gasteiger charge is -2.57. The van der Waals surface area contributed by atoms with E-state index in [1.807, 2.05) is 6.08 Å². The third kappa shape index (κ3) is 1.69. The first-order valence-electron chi connectivity index (χ1n) is 9.33. The fourth-order valence-corrected chi connectivity index (χ4v) is 6.75. The Bertz CT molecular complexity index is 692. The maximum atomic E-state index is 12.0. The molecule has 0 radical (unpaired) electrons. The van der Waals surface area contributed by atoms with Crippen molar-refractivity contribution in [1.29, 1.82) is 0 Å². The lowest BCUT2D eigenvalue weighted by Crippen LogP contribution is -2.52. The summed E-state index contributed by atoms with van der Waals surface area (Å²) in [6.45, 7) is 4.53. The molecule has 5 rings (SSSR count). The Kier molecular flexibility index (Phi) is 2.86. The van der Waals surface area contributed by atoms with Crippen LogP contribution in [0.15, 0.2) is 22.8 Å². The summed E-state index contributed by atoms with van der Waals surface area (Å²) in [5.41, 5.74) is 2.85. The van der Waals surface area contributed by atoms with Gasteiger partial charge in [0.1, 0.15) is 6.10 Å². The molecule has 4 nitrogen and oxygen atoms in total. The van der Waals surface area contributed by atoms with Crippen molar-refractivity contribution in [3.8, 4) is 0 Å². The Balaban J connectivity index is 1.59. The minimum absolute atomic E-state index is 0.187. The van der Waals surface area contributed by atoms with Gasteiger partial charge in [-0.1, -0.05) is 19.9 Å². The summed E-state index contributed by atoms with van der Waals surface area (Å²) in [4.78, 5) is 12.0. The number of hydrogen-bond donors (Lipinski definition) is 2.